The van der Waals surface area contributed by atoms with Gasteiger partial charge in [0.15, 0.2) is 0 Å². The first-order valence-corrected chi connectivity index (χ1v) is 4.43. The van der Waals surface area contributed by atoms with E-state index in [1.807, 2.05) is 36.8 Å². The Kier molecular flexibility index (Phi) is 1.47. The molecule has 65 valence electrons. The van der Waals surface area contributed by atoms with Crippen LogP contribution in [-0.2, 0) is 0 Å². The summed E-state index contributed by atoms with van der Waals surface area (Å²) in [7, 11) is 0. The minimum absolute atomic E-state index is 1.05. The van der Waals surface area contributed by atoms with Crippen molar-refractivity contribution in [3.63, 3.8) is 0 Å². The van der Waals surface area contributed by atoms with Crippen molar-refractivity contribution in [2.24, 2.45) is 0 Å². The van der Waals surface area contributed by atoms with Crippen LogP contribution >= 0.6 is 0 Å². The van der Waals surface area contributed by atoms with Crippen LogP contribution in [0.4, 0.5) is 0 Å². The molecular weight excluding hydrogens is 172 g/mol. The van der Waals surface area contributed by atoms with Crippen LogP contribution in [0.3, 0.4) is 0 Å². The molecule has 0 amide bonds. The van der Waals surface area contributed by atoms with Gasteiger partial charge in [0.2, 0.25) is 0 Å². The van der Waals surface area contributed by atoms with E-state index in [0.29, 0.717) is 0 Å². The maximum absolute atomic E-state index is 4.08. The molecule has 2 nitrogen and oxygen atoms in total. The smallest absolute Gasteiger partial charge is 0.0352 e. The minimum atomic E-state index is 1.05. The SMILES string of the molecule is [c]1cc2cnccc2c2ccncc12. The molecule has 0 aliphatic carbocycles. The van der Waals surface area contributed by atoms with Gasteiger partial charge in [0, 0.05) is 35.6 Å². The number of rotatable bonds is 0. The highest BCUT2D eigenvalue weighted by Crippen LogP contribution is 2.22. The highest BCUT2D eigenvalue weighted by Gasteiger charge is 1.98. The van der Waals surface area contributed by atoms with E-state index in [2.05, 4.69) is 16.0 Å². The van der Waals surface area contributed by atoms with Crippen LogP contribution in [0.2, 0.25) is 0 Å². The normalized spacial score (nSPS) is 10.9. The molecule has 0 saturated heterocycles. The maximum atomic E-state index is 4.08. The summed E-state index contributed by atoms with van der Waals surface area (Å²) in [6.07, 6.45) is 7.29. The van der Waals surface area contributed by atoms with Crippen LogP contribution in [0.25, 0.3) is 21.5 Å². The predicted molar refractivity (Wildman–Crippen MR) is 55.9 cm³/mol. The van der Waals surface area contributed by atoms with Crippen molar-refractivity contribution in [1.29, 1.82) is 0 Å². The zero-order valence-electron chi connectivity index (χ0n) is 7.44. The van der Waals surface area contributed by atoms with Crippen LogP contribution < -0.4 is 0 Å². The topological polar surface area (TPSA) is 25.8 Å². The summed E-state index contributed by atoms with van der Waals surface area (Å²) in [6, 6.07) is 9.17. The third kappa shape index (κ3) is 0.973. The number of fused-ring (bicyclic) bond motifs is 3. The zero-order chi connectivity index (χ0) is 9.38. The molecule has 0 unspecified atom stereocenters. The highest BCUT2D eigenvalue weighted by molar-refractivity contribution is 6.06. The fourth-order valence-electron chi connectivity index (χ4n) is 1.67. The largest absolute Gasteiger partial charge is 0.264 e. The average Bonchev–Trinajstić information content (AvgIpc) is 2.29. The molecular formula is C12H7N2. The van der Waals surface area contributed by atoms with Gasteiger partial charge < -0.3 is 0 Å². The molecule has 0 fully saturated rings. The first-order valence-electron chi connectivity index (χ1n) is 4.43. The number of nitrogens with zero attached hydrogens (tertiary/aromatic N) is 2. The van der Waals surface area contributed by atoms with E-state index in [1.165, 1.54) is 10.8 Å². The molecule has 2 aromatic heterocycles. The van der Waals surface area contributed by atoms with Crippen molar-refractivity contribution in [2.75, 3.05) is 0 Å². The standard InChI is InChI=1S/C12H7N2/c1-2-10-8-14-6-4-12(10)11-3-5-13-7-9(1)11/h1,3-8H. The molecule has 14 heavy (non-hydrogen) atoms. The van der Waals surface area contributed by atoms with Gasteiger partial charge in [0.05, 0.1) is 0 Å². The van der Waals surface area contributed by atoms with Gasteiger partial charge >= 0.3 is 0 Å². The Morgan fingerprint density at radius 2 is 1.71 bits per heavy atom. The Morgan fingerprint density at radius 3 is 2.64 bits per heavy atom. The molecule has 2 heterocycles. The van der Waals surface area contributed by atoms with Crippen LogP contribution in [0, 0.1) is 6.07 Å². The van der Waals surface area contributed by atoms with Crippen LogP contribution in [0.15, 0.2) is 43.0 Å². The van der Waals surface area contributed by atoms with E-state index >= 15 is 0 Å². The summed E-state index contributed by atoms with van der Waals surface area (Å²) < 4.78 is 0. The van der Waals surface area contributed by atoms with E-state index in [4.69, 9.17) is 0 Å². The Labute approximate surface area is 81.2 Å². The summed E-state index contributed by atoms with van der Waals surface area (Å²) >= 11 is 0. The third-order valence-electron chi connectivity index (χ3n) is 2.35. The van der Waals surface area contributed by atoms with Crippen molar-refractivity contribution in [3.8, 4) is 0 Å². The summed E-state index contributed by atoms with van der Waals surface area (Å²) in [5, 5.41) is 4.55. The molecule has 0 saturated carbocycles. The summed E-state index contributed by atoms with van der Waals surface area (Å²) in [5.41, 5.74) is 0. The highest BCUT2D eigenvalue weighted by atomic mass is 14.6. The van der Waals surface area contributed by atoms with Crippen LogP contribution in [-0.4, -0.2) is 9.97 Å². The van der Waals surface area contributed by atoms with Gasteiger partial charge in [-0.2, -0.15) is 0 Å². The molecule has 0 aliphatic heterocycles. The molecule has 3 rings (SSSR count). The van der Waals surface area contributed by atoms with E-state index < -0.39 is 0 Å². The molecule has 0 spiro atoms. The summed E-state index contributed by atoms with van der Waals surface area (Å²) in [6.45, 7) is 0. The van der Waals surface area contributed by atoms with Crippen molar-refractivity contribution in [1.82, 2.24) is 9.97 Å². The molecule has 2 heteroatoms. The van der Waals surface area contributed by atoms with Crippen LogP contribution in [0.5, 0.6) is 0 Å². The van der Waals surface area contributed by atoms with Crippen molar-refractivity contribution in [2.45, 2.75) is 0 Å². The number of aromatic nitrogens is 2. The van der Waals surface area contributed by atoms with Gasteiger partial charge in [-0.25, -0.2) is 0 Å². The Hall–Kier alpha value is -1.96. The molecule has 1 aromatic carbocycles. The first kappa shape index (κ1) is 7.44. The van der Waals surface area contributed by atoms with Crippen LogP contribution in [0.1, 0.15) is 0 Å². The lowest BCUT2D eigenvalue weighted by Crippen LogP contribution is -1.80. The van der Waals surface area contributed by atoms with E-state index in [9.17, 15) is 0 Å². The monoisotopic (exact) mass is 179 g/mol. The number of hydrogen-bond donors (Lipinski definition) is 0. The first-order chi connectivity index (χ1) is 6.95. The Balaban J connectivity index is 2.61. The van der Waals surface area contributed by atoms with E-state index in [0.717, 1.165) is 10.8 Å². The quantitative estimate of drug-likeness (QED) is 0.496. The fourth-order valence-corrected chi connectivity index (χ4v) is 1.67. The molecule has 0 N–H and O–H groups in total. The molecule has 0 aliphatic rings. The molecule has 3 aromatic rings. The zero-order valence-corrected chi connectivity index (χ0v) is 7.44. The second-order valence-corrected chi connectivity index (χ2v) is 3.17. The second kappa shape index (κ2) is 2.77. The Bertz CT molecular complexity index is 547. The summed E-state index contributed by atoms with van der Waals surface area (Å²) in [4.78, 5) is 8.16. The molecule has 1 radical (unpaired) electrons. The predicted octanol–water partition coefficient (Wildman–Crippen LogP) is 2.58. The maximum Gasteiger partial charge on any atom is 0.0352 e. The van der Waals surface area contributed by atoms with Crippen molar-refractivity contribution < 1.29 is 0 Å². The third-order valence-corrected chi connectivity index (χ3v) is 2.35. The number of benzene rings is 1. The Morgan fingerprint density at radius 1 is 0.929 bits per heavy atom. The number of hydrogen-bond acceptors (Lipinski definition) is 2. The lowest BCUT2D eigenvalue weighted by Gasteiger charge is -2.00. The van der Waals surface area contributed by atoms with E-state index in [1.54, 1.807) is 6.20 Å². The number of pyridine rings is 2. The van der Waals surface area contributed by atoms with Crippen molar-refractivity contribution >= 4 is 21.5 Å². The van der Waals surface area contributed by atoms with E-state index in [-0.39, 0.29) is 0 Å². The lowest BCUT2D eigenvalue weighted by atomic mass is 10.1. The van der Waals surface area contributed by atoms with Crippen molar-refractivity contribution in [3.05, 3.63) is 49.1 Å². The lowest BCUT2D eigenvalue weighted by molar-refractivity contribution is 1.35. The second-order valence-electron chi connectivity index (χ2n) is 3.17. The minimum Gasteiger partial charge on any atom is -0.264 e. The fraction of sp³-hybridized carbons (Fsp3) is 0. The molecule has 0 atom stereocenters. The van der Waals surface area contributed by atoms with Gasteiger partial charge in [0.25, 0.3) is 0 Å². The van der Waals surface area contributed by atoms with Gasteiger partial charge in [-0.1, -0.05) is 0 Å². The average molecular weight is 179 g/mol. The summed E-state index contributed by atoms with van der Waals surface area (Å²) in [5.74, 6) is 0. The van der Waals surface area contributed by atoms with Gasteiger partial charge in [-0.05, 0) is 35.0 Å². The van der Waals surface area contributed by atoms with Gasteiger partial charge in [0.1, 0.15) is 0 Å². The van der Waals surface area contributed by atoms with Gasteiger partial charge in [-0.3, -0.25) is 9.97 Å². The van der Waals surface area contributed by atoms with Gasteiger partial charge in [-0.15, -0.1) is 0 Å². The molecule has 0 bridgehead atoms.